The third-order valence-corrected chi connectivity index (χ3v) is 6.46. The third kappa shape index (κ3) is 1.87. The molecule has 2 fully saturated rings. The van der Waals surface area contributed by atoms with Crippen molar-refractivity contribution in [3.05, 3.63) is 0 Å². The highest BCUT2D eigenvalue weighted by Crippen LogP contribution is 2.65. The zero-order valence-corrected chi connectivity index (χ0v) is 12.3. The number of ketones is 1. The second-order valence-corrected chi connectivity index (χ2v) is 7.88. The van der Waals surface area contributed by atoms with Crippen LogP contribution in [0.25, 0.3) is 0 Å². The molecule has 2 bridgehead atoms. The number of carbonyl (C=O) groups is 1. The Labute approximate surface area is 110 Å². The highest BCUT2D eigenvalue weighted by Gasteiger charge is 2.69. The van der Waals surface area contributed by atoms with E-state index in [9.17, 15) is 13.2 Å². The van der Waals surface area contributed by atoms with Crippen LogP contribution in [0.15, 0.2) is 0 Å². The normalized spacial score (nSPS) is 39.2. The smallest absolute Gasteiger partial charge is 0.265 e. The molecule has 2 aliphatic rings. The van der Waals surface area contributed by atoms with Crippen molar-refractivity contribution in [2.24, 2.45) is 16.7 Å². The Bertz CT molecular complexity index is 447. The Morgan fingerprint density at radius 1 is 1.47 bits per heavy atom. The van der Waals surface area contributed by atoms with E-state index < -0.39 is 21.3 Å². The number of rotatable bonds is 2. The SMILES string of the molecule is CC1(C)[C@@H]2CC[C@@]1(CS(=O)(=O)O)C(=O)[C@H]2Br.N. The maximum absolute atomic E-state index is 12.2. The lowest BCUT2D eigenvalue weighted by Gasteiger charge is -2.35. The first-order valence-corrected chi connectivity index (χ1v) is 7.78. The lowest BCUT2D eigenvalue weighted by Crippen LogP contribution is -2.43. The first-order valence-electron chi connectivity index (χ1n) is 5.25. The first-order chi connectivity index (χ1) is 7.12. The summed E-state index contributed by atoms with van der Waals surface area (Å²) in [5.74, 6) is -0.335. The van der Waals surface area contributed by atoms with Crippen LogP contribution in [0.4, 0.5) is 0 Å². The lowest BCUT2D eigenvalue weighted by atomic mass is 9.70. The third-order valence-electron chi connectivity index (χ3n) is 4.55. The first kappa shape index (κ1) is 15.1. The van der Waals surface area contributed by atoms with E-state index in [1.165, 1.54) is 0 Å². The molecule has 0 saturated heterocycles. The minimum absolute atomic E-state index is 0. The molecule has 0 radical (unpaired) electrons. The standard InChI is InChI=1S/C10H15BrO4S.H3N/c1-9(2)6-3-4-10(9,5-16(13,14)15)8(12)7(6)11;/h6-7H,3-5H2,1-2H3,(H,13,14,15);1H3/t6-,7+,10-;/m1./s1. The van der Waals surface area contributed by atoms with E-state index >= 15 is 0 Å². The van der Waals surface area contributed by atoms with Crippen LogP contribution < -0.4 is 6.15 Å². The van der Waals surface area contributed by atoms with Gasteiger partial charge in [-0.3, -0.25) is 9.35 Å². The molecule has 4 N–H and O–H groups in total. The average Bonchev–Trinajstić information content (AvgIpc) is 2.39. The monoisotopic (exact) mass is 327 g/mol. The molecular formula is C10H18BrNO4S. The summed E-state index contributed by atoms with van der Waals surface area (Å²) in [6.07, 6.45) is 1.40. The second kappa shape index (κ2) is 4.01. The van der Waals surface area contributed by atoms with E-state index in [2.05, 4.69) is 15.9 Å². The maximum Gasteiger partial charge on any atom is 0.265 e. The molecule has 0 aromatic carbocycles. The van der Waals surface area contributed by atoms with Crippen molar-refractivity contribution in [2.45, 2.75) is 31.5 Å². The zero-order chi connectivity index (χ0) is 12.4. The molecule has 0 aliphatic heterocycles. The van der Waals surface area contributed by atoms with Crippen LogP contribution in [-0.2, 0) is 14.9 Å². The summed E-state index contributed by atoms with van der Waals surface area (Å²) in [6.45, 7) is 3.85. The van der Waals surface area contributed by atoms with Crippen LogP contribution >= 0.6 is 15.9 Å². The Hall–Kier alpha value is 0.0200. The molecule has 17 heavy (non-hydrogen) atoms. The van der Waals surface area contributed by atoms with Crippen LogP contribution in [0.1, 0.15) is 26.7 Å². The summed E-state index contributed by atoms with van der Waals surface area (Å²) in [7, 11) is -4.12. The number of fused-ring (bicyclic) bond motifs is 2. The fourth-order valence-corrected chi connectivity index (χ4v) is 6.12. The number of Topliss-reactive ketones (excluding diaryl/α,β-unsaturated/α-hetero) is 1. The molecule has 2 rings (SSSR count). The highest BCUT2D eigenvalue weighted by atomic mass is 79.9. The van der Waals surface area contributed by atoms with Gasteiger partial charge in [-0.05, 0) is 24.2 Å². The fourth-order valence-electron chi connectivity index (χ4n) is 3.48. The van der Waals surface area contributed by atoms with Gasteiger partial charge in [-0.25, -0.2) is 0 Å². The number of alkyl halides is 1. The van der Waals surface area contributed by atoms with Gasteiger partial charge in [-0.1, -0.05) is 29.8 Å². The van der Waals surface area contributed by atoms with Gasteiger partial charge in [-0.2, -0.15) is 8.42 Å². The number of hydrogen-bond donors (Lipinski definition) is 2. The van der Waals surface area contributed by atoms with Crippen LogP contribution in [-0.4, -0.2) is 29.3 Å². The highest BCUT2D eigenvalue weighted by molar-refractivity contribution is 9.10. The summed E-state index contributed by atoms with van der Waals surface area (Å²) in [4.78, 5) is 11.9. The second-order valence-electron chi connectivity index (χ2n) is 5.44. The fraction of sp³-hybridized carbons (Fsp3) is 0.900. The summed E-state index contributed by atoms with van der Waals surface area (Å²) in [6, 6.07) is 0. The topological polar surface area (TPSA) is 106 Å². The number of halogens is 1. The molecule has 2 aliphatic carbocycles. The Kier molecular flexibility index (Phi) is 3.56. The van der Waals surface area contributed by atoms with E-state index in [-0.39, 0.29) is 28.1 Å². The molecule has 7 heteroatoms. The van der Waals surface area contributed by atoms with E-state index in [1.54, 1.807) is 0 Å². The van der Waals surface area contributed by atoms with Crippen molar-refractivity contribution in [3.63, 3.8) is 0 Å². The van der Waals surface area contributed by atoms with Gasteiger partial charge in [0.05, 0.1) is 16.0 Å². The Morgan fingerprint density at radius 2 is 2.00 bits per heavy atom. The molecule has 0 spiro atoms. The molecule has 100 valence electrons. The van der Waals surface area contributed by atoms with E-state index in [1.807, 2.05) is 13.8 Å². The van der Waals surface area contributed by atoms with Crippen molar-refractivity contribution >= 4 is 31.8 Å². The Balaban J connectivity index is 0.00000144. The van der Waals surface area contributed by atoms with Crippen molar-refractivity contribution in [2.75, 3.05) is 5.75 Å². The molecular weight excluding hydrogens is 310 g/mol. The van der Waals surface area contributed by atoms with Gasteiger partial charge in [0.15, 0.2) is 5.78 Å². The number of hydrogen-bond acceptors (Lipinski definition) is 4. The van der Waals surface area contributed by atoms with Gasteiger partial charge < -0.3 is 6.15 Å². The predicted octanol–water partition coefficient (Wildman–Crippen LogP) is 1.80. The molecule has 0 heterocycles. The van der Waals surface area contributed by atoms with E-state index in [4.69, 9.17) is 4.55 Å². The van der Waals surface area contributed by atoms with E-state index in [0.717, 1.165) is 6.42 Å². The van der Waals surface area contributed by atoms with Crippen LogP contribution in [0.3, 0.4) is 0 Å². The molecule has 2 saturated carbocycles. The summed E-state index contributed by atoms with van der Waals surface area (Å²) in [5, 5.41) is 0. The van der Waals surface area contributed by atoms with Crippen LogP contribution in [0.5, 0.6) is 0 Å². The summed E-state index contributed by atoms with van der Waals surface area (Å²) in [5.41, 5.74) is -1.27. The van der Waals surface area contributed by atoms with Crippen LogP contribution in [0.2, 0.25) is 0 Å². The number of carbonyl (C=O) groups excluding carboxylic acids is 1. The van der Waals surface area contributed by atoms with Crippen molar-refractivity contribution in [1.29, 1.82) is 0 Å². The van der Waals surface area contributed by atoms with Crippen LogP contribution in [0, 0.1) is 16.7 Å². The lowest BCUT2D eigenvalue weighted by molar-refractivity contribution is -0.127. The minimum atomic E-state index is -4.12. The largest absolute Gasteiger partial charge is 0.344 e. The average molecular weight is 328 g/mol. The summed E-state index contributed by atoms with van der Waals surface area (Å²) < 4.78 is 31.2. The van der Waals surface area contributed by atoms with Gasteiger partial charge in [0.25, 0.3) is 10.1 Å². The van der Waals surface area contributed by atoms with Gasteiger partial charge >= 0.3 is 0 Å². The van der Waals surface area contributed by atoms with E-state index in [0.29, 0.717) is 6.42 Å². The minimum Gasteiger partial charge on any atom is -0.344 e. The van der Waals surface area contributed by atoms with Crippen molar-refractivity contribution < 1.29 is 17.8 Å². The van der Waals surface area contributed by atoms with Crippen molar-refractivity contribution in [1.82, 2.24) is 6.15 Å². The van der Waals surface area contributed by atoms with Gasteiger partial charge in [-0.15, -0.1) is 0 Å². The quantitative estimate of drug-likeness (QED) is 0.594. The molecule has 5 nitrogen and oxygen atoms in total. The molecule has 0 aromatic rings. The Morgan fingerprint density at radius 3 is 2.35 bits per heavy atom. The predicted molar refractivity (Wildman–Crippen MR) is 68.1 cm³/mol. The molecule has 3 atom stereocenters. The maximum atomic E-state index is 12.2. The molecule has 0 unspecified atom stereocenters. The van der Waals surface area contributed by atoms with Gasteiger partial charge in [0.2, 0.25) is 0 Å². The zero-order valence-electron chi connectivity index (χ0n) is 9.94. The molecule has 0 amide bonds. The molecule has 0 aromatic heterocycles. The van der Waals surface area contributed by atoms with Gasteiger partial charge in [0, 0.05) is 0 Å². The van der Waals surface area contributed by atoms with Crippen molar-refractivity contribution in [3.8, 4) is 0 Å². The summed E-state index contributed by atoms with van der Waals surface area (Å²) >= 11 is 3.35. The van der Waals surface area contributed by atoms with Gasteiger partial charge in [0.1, 0.15) is 0 Å².